The highest BCUT2D eigenvalue weighted by molar-refractivity contribution is 5.95. The Morgan fingerprint density at radius 3 is 2.33 bits per heavy atom. The smallest absolute Gasteiger partial charge is 0.254 e. The summed E-state index contributed by atoms with van der Waals surface area (Å²) in [6.45, 7) is 4.99. The predicted octanol–water partition coefficient (Wildman–Crippen LogP) is 1.86. The van der Waals surface area contributed by atoms with E-state index in [1.807, 2.05) is 13.8 Å². The molecule has 1 heterocycles. The first-order chi connectivity index (χ1) is 9.97. The van der Waals surface area contributed by atoms with Crippen LogP contribution >= 0.6 is 0 Å². The number of piperidine rings is 1. The van der Waals surface area contributed by atoms with E-state index in [1.54, 1.807) is 31.3 Å². The average molecular weight is 293 g/mol. The van der Waals surface area contributed by atoms with Crippen LogP contribution in [0, 0.1) is 12.8 Å². The Kier molecular flexibility index (Phi) is 4.73. The number of aliphatic hydroxyl groups is 1. The number of hydrogen-bond acceptors (Lipinski definition) is 4. The molecule has 2 atom stereocenters. The maximum Gasteiger partial charge on any atom is 0.254 e. The SMILES string of the molecule is COc1cc(C(=O)N2CCC(O)C(C)C2)cc(OC)c1C. The molecule has 21 heavy (non-hydrogen) atoms. The van der Waals surface area contributed by atoms with E-state index in [0.717, 1.165) is 5.56 Å². The summed E-state index contributed by atoms with van der Waals surface area (Å²) in [5, 5.41) is 9.77. The van der Waals surface area contributed by atoms with Crippen molar-refractivity contribution in [1.82, 2.24) is 4.90 Å². The number of ether oxygens (including phenoxy) is 2. The Morgan fingerprint density at radius 2 is 1.86 bits per heavy atom. The standard InChI is InChI=1S/C16H23NO4/c1-10-9-17(6-5-13(10)18)16(19)12-7-14(20-3)11(2)15(8-12)21-4/h7-8,10,13,18H,5-6,9H2,1-4H3. The quantitative estimate of drug-likeness (QED) is 0.924. The summed E-state index contributed by atoms with van der Waals surface area (Å²) in [5.41, 5.74) is 1.43. The highest BCUT2D eigenvalue weighted by atomic mass is 16.5. The molecule has 0 aromatic heterocycles. The van der Waals surface area contributed by atoms with Crippen molar-refractivity contribution in [2.45, 2.75) is 26.4 Å². The molecule has 1 aromatic rings. The van der Waals surface area contributed by atoms with Crippen LogP contribution in [0.4, 0.5) is 0 Å². The maximum atomic E-state index is 12.6. The number of likely N-dealkylation sites (tertiary alicyclic amines) is 1. The van der Waals surface area contributed by atoms with Crippen molar-refractivity contribution in [2.24, 2.45) is 5.92 Å². The zero-order valence-electron chi connectivity index (χ0n) is 13.0. The van der Waals surface area contributed by atoms with Gasteiger partial charge in [0.15, 0.2) is 0 Å². The van der Waals surface area contributed by atoms with Gasteiger partial charge in [0.2, 0.25) is 0 Å². The van der Waals surface area contributed by atoms with Gasteiger partial charge in [0.05, 0.1) is 20.3 Å². The summed E-state index contributed by atoms with van der Waals surface area (Å²) in [4.78, 5) is 14.4. The second-order valence-corrected chi connectivity index (χ2v) is 5.59. The first-order valence-corrected chi connectivity index (χ1v) is 7.18. The number of carbonyl (C=O) groups is 1. The summed E-state index contributed by atoms with van der Waals surface area (Å²) >= 11 is 0. The topological polar surface area (TPSA) is 59.0 Å². The predicted molar refractivity (Wildman–Crippen MR) is 80.0 cm³/mol. The average Bonchev–Trinajstić information content (AvgIpc) is 2.49. The van der Waals surface area contributed by atoms with Gasteiger partial charge in [-0.15, -0.1) is 0 Å². The van der Waals surface area contributed by atoms with E-state index >= 15 is 0 Å². The number of rotatable bonds is 3. The van der Waals surface area contributed by atoms with Gasteiger partial charge in [0.25, 0.3) is 5.91 Å². The molecule has 1 aliphatic heterocycles. The third-order valence-corrected chi connectivity index (χ3v) is 4.15. The van der Waals surface area contributed by atoms with Crippen LogP contribution in [0.2, 0.25) is 0 Å². The van der Waals surface area contributed by atoms with Crippen LogP contribution in [0.1, 0.15) is 29.3 Å². The van der Waals surface area contributed by atoms with Gasteiger partial charge in [-0.1, -0.05) is 6.92 Å². The Hall–Kier alpha value is -1.75. The van der Waals surface area contributed by atoms with Gasteiger partial charge in [-0.2, -0.15) is 0 Å². The van der Waals surface area contributed by atoms with Crippen LogP contribution in [0.5, 0.6) is 11.5 Å². The van der Waals surface area contributed by atoms with Crippen molar-refractivity contribution in [1.29, 1.82) is 0 Å². The molecule has 1 fully saturated rings. The number of methoxy groups -OCH3 is 2. The monoisotopic (exact) mass is 293 g/mol. The Labute approximate surface area is 125 Å². The molecule has 2 unspecified atom stereocenters. The van der Waals surface area contributed by atoms with E-state index in [-0.39, 0.29) is 17.9 Å². The van der Waals surface area contributed by atoms with Crippen LogP contribution in [0.3, 0.4) is 0 Å². The first kappa shape index (κ1) is 15.6. The van der Waals surface area contributed by atoms with E-state index < -0.39 is 0 Å². The number of hydrogen-bond donors (Lipinski definition) is 1. The van der Waals surface area contributed by atoms with Crippen molar-refractivity contribution < 1.29 is 19.4 Å². The van der Waals surface area contributed by atoms with Crippen molar-refractivity contribution in [3.05, 3.63) is 23.3 Å². The number of nitrogens with zero attached hydrogens (tertiary/aromatic N) is 1. The van der Waals surface area contributed by atoms with Crippen LogP contribution < -0.4 is 9.47 Å². The molecular weight excluding hydrogens is 270 g/mol. The number of aliphatic hydroxyl groups excluding tert-OH is 1. The highest BCUT2D eigenvalue weighted by Gasteiger charge is 2.28. The van der Waals surface area contributed by atoms with E-state index in [0.29, 0.717) is 36.6 Å². The minimum Gasteiger partial charge on any atom is -0.496 e. The maximum absolute atomic E-state index is 12.6. The van der Waals surface area contributed by atoms with Gasteiger partial charge in [-0.25, -0.2) is 0 Å². The van der Waals surface area contributed by atoms with E-state index in [2.05, 4.69) is 0 Å². The molecule has 116 valence electrons. The fraction of sp³-hybridized carbons (Fsp3) is 0.562. The second-order valence-electron chi connectivity index (χ2n) is 5.59. The molecule has 5 heteroatoms. The molecule has 1 amide bonds. The fourth-order valence-electron chi connectivity index (χ4n) is 2.71. The lowest BCUT2D eigenvalue weighted by atomic mass is 9.96. The molecule has 1 aliphatic rings. The summed E-state index contributed by atoms with van der Waals surface area (Å²) in [5.74, 6) is 1.33. The molecule has 1 aromatic carbocycles. The van der Waals surface area contributed by atoms with Gasteiger partial charge in [-0.3, -0.25) is 4.79 Å². The second kappa shape index (κ2) is 6.35. The molecule has 1 N–H and O–H groups in total. The van der Waals surface area contributed by atoms with Crippen LogP contribution in [-0.4, -0.2) is 49.3 Å². The number of carbonyl (C=O) groups excluding carboxylic acids is 1. The highest BCUT2D eigenvalue weighted by Crippen LogP contribution is 2.30. The Bertz CT molecular complexity index is 504. The third kappa shape index (κ3) is 3.13. The molecule has 0 aliphatic carbocycles. The molecule has 0 saturated carbocycles. The fourth-order valence-corrected chi connectivity index (χ4v) is 2.71. The van der Waals surface area contributed by atoms with E-state index in [4.69, 9.17) is 9.47 Å². The first-order valence-electron chi connectivity index (χ1n) is 7.18. The van der Waals surface area contributed by atoms with Crippen molar-refractivity contribution >= 4 is 5.91 Å². The number of amides is 1. The van der Waals surface area contributed by atoms with Gasteiger partial charge in [0, 0.05) is 24.2 Å². The zero-order valence-corrected chi connectivity index (χ0v) is 13.0. The molecular formula is C16H23NO4. The molecule has 1 saturated heterocycles. The minimum atomic E-state index is -0.323. The Balaban J connectivity index is 2.27. The molecule has 0 spiro atoms. The molecule has 5 nitrogen and oxygen atoms in total. The van der Waals surface area contributed by atoms with Gasteiger partial charge in [-0.05, 0) is 31.4 Å². The lowest BCUT2D eigenvalue weighted by Crippen LogP contribution is -2.44. The van der Waals surface area contributed by atoms with Crippen LogP contribution in [0.15, 0.2) is 12.1 Å². The van der Waals surface area contributed by atoms with Crippen LogP contribution in [0.25, 0.3) is 0 Å². The van der Waals surface area contributed by atoms with Gasteiger partial charge in [0.1, 0.15) is 11.5 Å². The lowest BCUT2D eigenvalue weighted by molar-refractivity contribution is 0.0297. The zero-order chi connectivity index (χ0) is 15.6. The summed E-state index contributed by atoms with van der Waals surface area (Å²) < 4.78 is 10.6. The summed E-state index contributed by atoms with van der Waals surface area (Å²) in [6, 6.07) is 3.49. The van der Waals surface area contributed by atoms with Gasteiger partial charge >= 0.3 is 0 Å². The Morgan fingerprint density at radius 1 is 1.29 bits per heavy atom. The summed E-state index contributed by atoms with van der Waals surface area (Å²) in [7, 11) is 3.16. The van der Waals surface area contributed by atoms with Crippen molar-refractivity contribution in [3.63, 3.8) is 0 Å². The molecule has 2 rings (SSSR count). The van der Waals surface area contributed by atoms with Crippen LogP contribution in [-0.2, 0) is 0 Å². The van der Waals surface area contributed by atoms with Crippen molar-refractivity contribution in [3.8, 4) is 11.5 Å². The van der Waals surface area contributed by atoms with Crippen molar-refractivity contribution in [2.75, 3.05) is 27.3 Å². The van der Waals surface area contributed by atoms with Gasteiger partial charge < -0.3 is 19.5 Å². The normalized spacial score (nSPS) is 22.0. The molecule has 0 radical (unpaired) electrons. The lowest BCUT2D eigenvalue weighted by Gasteiger charge is -2.34. The molecule has 0 bridgehead atoms. The van der Waals surface area contributed by atoms with E-state index in [9.17, 15) is 9.90 Å². The minimum absolute atomic E-state index is 0.0506. The third-order valence-electron chi connectivity index (χ3n) is 4.15. The summed E-state index contributed by atoms with van der Waals surface area (Å²) in [6.07, 6.45) is 0.295. The largest absolute Gasteiger partial charge is 0.496 e. The number of benzene rings is 1. The van der Waals surface area contributed by atoms with E-state index in [1.165, 1.54) is 0 Å².